The van der Waals surface area contributed by atoms with Gasteiger partial charge in [0.1, 0.15) is 11.6 Å². The number of carbonyl (C=O) groups is 2. The second-order valence-electron chi connectivity index (χ2n) is 6.24. The Bertz CT molecular complexity index is 873. The van der Waals surface area contributed by atoms with Crippen molar-refractivity contribution in [2.75, 3.05) is 13.2 Å². The first-order valence-corrected chi connectivity index (χ1v) is 9.65. The number of nitrogens with one attached hydrogen (secondary N) is 2. The van der Waals surface area contributed by atoms with Crippen LogP contribution in [-0.4, -0.2) is 25.0 Å². The van der Waals surface area contributed by atoms with Gasteiger partial charge in [0.15, 0.2) is 6.61 Å². The second-order valence-corrected chi connectivity index (χ2v) is 7.09. The standard InChI is InChI=1S/C21H21Cl2FN2O3/c1-14(26-20(27)9-4-15-2-5-16(22)6-3-15)10-11-25-21(28)13-29-17-7-8-18(23)19(24)12-17/h2-3,5-8,12H,1,4,9-11,13H2,(H,25,28)(H,26,27). The van der Waals surface area contributed by atoms with E-state index in [-0.39, 0.29) is 35.7 Å². The Kier molecular flexibility index (Phi) is 8.96. The number of hydrogen-bond acceptors (Lipinski definition) is 3. The molecule has 0 atom stereocenters. The monoisotopic (exact) mass is 438 g/mol. The number of halogens is 3. The lowest BCUT2D eigenvalue weighted by Crippen LogP contribution is -2.31. The minimum atomic E-state index is -0.618. The first-order chi connectivity index (χ1) is 13.8. The average Bonchev–Trinajstić information content (AvgIpc) is 2.68. The molecule has 154 valence electrons. The molecule has 0 unspecified atom stereocenters. The number of ether oxygens (including phenoxy) is 1. The molecule has 0 radical (unpaired) electrons. The zero-order chi connectivity index (χ0) is 21.2. The maximum atomic E-state index is 13.3. The Morgan fingerprint density at radius 1 is 1.03 bits per heavy atom. The molecule has 2 aromatic rings. The topological polar surface area (TPSA) is 67.4 Å². The summed E-state index contributed by atoms with van der Waals surface area (Å²) in [6.45, 7) is 3.81. The van der Waals surface area contributed by atoms with Crippen LogP contribution in [0.25, 0.3) is 0 Å². The van der Waals surface area contributed by atoms with Gasteiger partial charge in [-0.3, -0.25) is 9.59 Å². The van der Waals surface area contributed by atoms with E-state index in [4.69, 9.17) is 27.9 Å². The highest BCUT2D eigenvalue weighted by Gasteiger charge is 2.07. The molecule has 2 N–H and O–H groups in total. The van der Waals surface area contributed by atoms with Gasteiger partial charge in [-0.05, 0) is 36.2 Å². The van der Waals surface area contributed by atoms with Crippen LogP contribution in [-0.2, 0) is 16.0 Å². The van der Waals surface area contributed by atoms with Gasteiger partial charge in [-0.25, -0.2) is 4.39 Å². The fourth-order valence-electron chi connectivity index (χ4n) is 2.35. The Morgan fingerprint density at radius 3 is 2.45 bits per heavy atom. The number of rotatable bonds is 10. The van der Waals surface area contributed by atoms with E-state index >= 15 is 0 Å². The molecular formula is C21H21Cl2FN2O3. The molecule has 0 aliphatic rings. The van der Waals surface area contributed by atoms with Crippen LogP contribution in [0.5, 0.6) is 5.75 Å². The fraction of sp³-hybridized carbons (Fsp3) is 0.238. The lowest BCUT2D eigenvalue weighted by Gasteiger charge is -2.10. The first-order valence-electron chi connectivity index (χ1n) is 8.90. The third kappa shape index (κ3) is 8.54. The average molecular weight is 439 g/mol. The van der Waals surface area contributed by atoms with E-state index in [0.717, 1.165) is 11.6 Å². The van der Waals surface area contributed by atoms with Crippen LogP contribution >= 0.6 is 23.2 Å². The summed E-state index contributed by atoms with van der Waals surface area (Å²) < 4.78 is 18.5. The van der Waals surface area contributed by atoms with Crippen molar-refractivity contribution in [2.24, 2.45) is 0 Å². The Hall–Kier alpha value is -2.57. The summed E-state index contributed by atoms with van der Waals surface area (Å²) in [4.78, 5) is 23.7. The zero-order valence-electron chi connectivity index (χ0n) is 15.6. The number of benzene rings is 2. The maximum absolute atomic E-state index is 13.3. The largest absolute Gasteiger partial charge is 0.484 e. The van der Waals surface area contributed by atoms with Crippen LogP contribution in [0.4, 0.5) is 4.39 Å². The number of hydrogen-bond donors (Lipinski definition) is 2. The van der Waals surface area contributed by atoms with Crippen molar-refractivity contribution in [3.63, 3.8) is 0 Å². The van der Waals surface area contributed by atoms with Crippen molar-refractivity contribution in [1.82, 2.24) is 10.6 Å². The molecule has 29 heavy (non-hydrogen) atoms. The van der Waals surface area contributed by atoms with Gasteiger partial charge >= 0.3 is 0 Å². The van der Waals surface area contributed by atoms with Gasteiger partial charge in [0.05, 0.1) is 5.02 Å². The minimum absolute atomic E-state index is 0.0180. The Balaban J connectivity index is 1.60. The van der Waals surface area contributed by atoms with Gasteiger partial charge in [0.25, 0.3) is 5.91 Å². The lowest BCUT2D eigenvalue weighted by atomic mass is 10.1. The van der Waals surface area contributed by atoms with E-state index in [1.165, 1.54) is 12.1 Å². The zero-order valence-corrected chi connectivity index (χ0v) is 17.2. The molecule has 2 rings (SSSR count). The smallest absolute Gasteiger partial charge is 0.257 e. The molecule has 0 spiro atoms. The molecule has 0 fully saturated rings. The summed E-state index contributed by atoms with van der Waals surface area (Å²) >= 11 is 11.4. The molecule has 2 amide bonds. The minimum Gasteiger partial charge on any atom is -0.484 e. The van der Waals surface area contributed by atoms with Gasteiger partial charge in [0, 0.05) is 36.2 Å². The van der Waals surface area contributed by atoms with E-state index in [9.17, 15) is 14.0 Å². The van der Waals surface area contributed by atoms with Crippen LogP contribution in [0, 0.1) is 5.82 Å². The van der Waals surface area contributed by atoms with Gasteiger partial charge in [0.2, 0.25) is 5.91 Å². The third-order valence-corrected chi connectivity index (χ3v) is 4.44. The second kappa shape index (κ2) is 11.4. The highest BCUT2D eigenvalue weighted by atomic mass is 35.5. The Morgan fingerprint density at radius 2 is 1.76 bits per heavy atom. The summed E-state index contributed by atoms with van der Waals surface area (Å²) in [5.74, 6) is -0.932. The van der Waals surface area contributed by atoms with E-state index in [1.807, 2.05) is 12.1 Å². The van der Waals surface area contributed by atoms with Crippen molar-refractivity contribution < 1.29 is 18.7 Å². The molecule has 8 heteroatoms. The predicted octanol–water partition coefficient (Wildman–Crippen LogP) is 4.28. The van der Waals surface area contributed by atoms with Crippen LogP contribution < -0.4 is 15.4 Å². The number of carbonyl (C=O) groups excluding carboxylic acids is 2. The Labute approximate surface area is 178 Å². The highest BCUT2D eigenvalue weighted by molar-refractivity contribution is 6.30. The summed E-state index contributed by atoms with van der Waals surface area (Å²) in [6.07, 6.45) is 1.29. The van der Waals surface area contributed by atoms with Crippen LogP contribution in [0.3, 0.4) is 0 Å². The van der Waals surface area contributed by atoms with E-state index in [2.05, 4.69) is 17.2 Å². The molecule has 0 aliphatic carbocycles. The van der Waals surface area contributed by atoms with Crippen LogP contribution in [0.2, 0.25) is 10.0 Å². The molecule has 2 aromatic carbocycles. The van der Waals surface area contributed by atoms with Crippen LogP contribution in [0.15, 0.2) is 54.7 Å². The molecular weight excluding hydrogens is 418 g/mol. The van der Waals surface area contributed by atoms with Gasteiger partial charge in [-0.2, -0.15) is 0 Å². The van der Waals surface area contributed by atoms with E-state index < -0.39 is 5.82 Å². The molecule has 0 heterocycles. The number of aryl methyl sites for hydroxylation is 1. The summed E-state index contributed by atoms with van der Waals surface area (Å²) in [5, 5.41) is 5.98. The quantitative estimate of drug-likeness (QED) is 0.581. The molecule has 5 nitrogen and oxygen atoms in total. The number of amides is 2. The SMILES string of the molecule is C=C(CCNC(=O)COc1ccc(Cl)c(F)c1)NC(=O)CCc1ccc(Cl)cc1. The molecule has 0 saturated heterocycles. The summed E-state index contributed by atoms with van der Waals surface area (Å²) in [5.41, 5.74) is 1.52. The molecule has 0 aliphatic heterocycles. The van der Waals surface area contributed by atoms with Gasteiger partial charge in [-0.15, -0.1) is 0 Å². The van der Waals surface area contributed by atoms with Crippen molar-refractivity contribution in [2.45, 2.75) is 19.3 Å². The van der Waals surface area contributed by atoms with Crippen molar-refractivity contribution in [1.29, 1.82) is 0 Å². The van der Waals surface area contributed by atoms with E-state index in [1.54, 1.807) is 12.1 Å². The maximum Gasteiger partial charge on any atom is 0.257 e. The third-order valence-electron chi connectivity index (χ3n) is 3.88. The summed E-state index contributed by atoms with van der Waals surface area (Å²) in [6, 6.07) is 11.2. The van der Waals surface area contributed by atoms with Gasteiger partial charge in [-0.1, -0.05) is 41.9 Å². The van der Waals surface area contributed by atoms with Crippen molar-refractivity contribution in [3.05, 3.63) is 76.2 Å². The van der Waals surface area contributed by atoms with Gasteiger partial charge < -0.3 is 15.4 Å². The lowest BCUT2D eigenvalue weighted by molar-refractivity contribution is -0.123. The van der Waals surface area contributed by atoms with Crippen molar-refractivity contribution in [3.8, 4) is 5.75 Å². The first kappa shape index (κ1) is 22.7. The predicted molar refractivity (Wildman–Crippen MR) is 112 cm³/mol. The summed E-state index contributed by atoms with van der Waals surface area (Å²) in [7, 11) is 0. The highest BCUT2D eigenvalue weighted by Crippen LogP contribution is 2.20. The normalized spacial score (nSPS) is 10.3. The molecule has 0 saturated carbocycles. The van der Waals surface area contributed by atoms with Crippen LogP contribution in [0.1, 0.15) is 18.4 Å². The van der Waals surface area contributed by atoms with E-state index in [0.29, 0.717) is 30.0 Å². The fourth-order valence-corrected chi connectivity index (χ4v) is 2.59. The molecule has 0 bridgehead atoms. The molecule has 0 aromatic heterocycles. The van der Waals surface area contributed by atoms with Crippen molar-refractivity contribution >= 4 is 35.0 Å².